The maximum absolute atomic E-state index is 14.0. The van der Waals surface area contributed by atoms with Crippen molar-refractivity contribution in [2.75, 3.05) is 78.9 Å². The number of nitrogens with one attached hydrogen (secondary N) is 3. The second-order valence-electron chi connectivity index (χ2n) is 28.6. The molecule has 540 valence electrons. The molecule has 23 heteroatoms. The number of aromatic nitrogens is 6. The van der Waals surface area contributed by atoms with Crippen molar-refractivity contribution in [2.45, 2.75) is 190 Å². The summed E-state index contributed by atoms with van der Waals surface area (Å²) >= 11 is 12.8. The van der Waals surface area contributed by atoms with Crippen LogP contribution in [0.4, 0.5) is 13.2 Å². The molecule has 6 heterocycles. The number of hydrogen-bond acceptors (Lipinski definition) is 12. The van der Waals surface area contributed by atoms with Crippen molar-refractivity contribution in [3.05, 3.63) is 186 Å². The fourth-order valence-corrected chi connectivity index (χ4v) is 17.0. The minimum absolute atomic E-state index is 0.0541. The van der Waals surface area contributed by atoms with Crippen LogP contribution in [0.3, 0.4) is 0 Å². The summed E-state index contributed by atoms with van der Waals surface area (Å²) in [7, 11) is 0. The molecule has 0 bridgehead atoms. The number of benzene rings is 4. The lowest BCUT2D eigenvalue weighted by molar-refractivity contribution is 0.0120. The van der Waals surface area contributed by atoms with Crippen molar-refractivity contribution in [3.8, 4) is 5.69 Å². The summed E-state index contributed by atoms with van der Waals surface area (Å²) < 4.78 is 63.8. The molecule has 2 saturated carbocycles. The largest absolute Gasteiger partial charge is 0.379 e. The summed E-state index contributed by atoms with van der Waals surface area (Å²) in [4.78, 5) is 40.2. The third-order valence-corrected chi connectivity index (χ3v) is 22.1. The van der Waals surface area contributed by atoms with E-state index in [1.807, 2.05) is 45.4 Å². The Morgan fingerprint density at radius 1 is 0.416 bits per heavy atom. The number of fused-ring (bicyclic) bond motifs is 3. The number of morpholine rings is 3. The van der Waals surface area contributed by atoms with E-state index in [1.165, 1.54) is 62.0 Å². The lowest BCUT2D eigenvalue weighted by atomic mass is 9.89. The normalized spacial score (nSPS) is 21.2. The van der Waals surface area contributed by atoms with E-state index in [0.29, 0.717) is 136 Å². The third-order valence-electron chi connectivity index (χ3n) is 21.5. The molecule has 15 rings (SSSR count). The minimum Gasteiger partial charge on any atom is -0.379 e. The quantitative estimate of drug-likeness (QED) is 0.0829. The first kappa shape index (κ1) is 72.4. The van der Waals surface area contributed by atoms with Gasteiger partial charge in [0.15, 0.2) is 17.1 Å². The Morgan fingerprint density at radius 3 is 1.22 bits per heavy atom. The number of ether oxygens (including phenoxy) is 3. The van der Waals surface area contributed by atoms with Crippen LogP contribution in [0.2, 0.25) is 10.0 Å². The van der Waals surface area contributed by atoms with Gasteiger partial charge in [-0.15, -0.1) is 0 Å². The van der Waals surface area contributed by atoms with Crippen LogP contribution in [0.1, 0.15) is 234 Å². The van der Waals surface area contributed by atoms with Gasteiger partial charge in [0, 0.05) is 90.1 Å². The van der Waals surface area contributed by atoms with Crippen LogP contribution >= 0.6 is 23.2 Å². The second-order valence-corrected chi connectivity index (χ2v) is 29.4. The number of carbonyl (C=O) groups is 3. The van der Waals surface area contributed by atoms with Crippen molar-refractivity contribution in [1.29, 1.82) is 0 Å². The number of carbonyl (C=O) groups excluding carboxylic acids is 3. The van der Waals surface area contributed by atoms with E-state index in [9.17, 15) is 27.6 Å². The van der Waals surface area contributed by atoms with Crippen molar-refractivity contribution in [1.82, 2.24) is 60.6 Å². The Labute approximate surface area is 601 Å². The van der Waals surface area contributed by atoms with Crippen LogP contribution in [0.5, 0.6) is 0 Å². The van der Waals surface area contributed by atoms with E-state index in [4.69, 9.17) is 52.7 Å². The molecule has 5 aliphatic carbocycles. The highest BCUT2D eigenvalue weighted by Gasteiger charge is 2.37. The molecule has 18 nitrogen and oxygen atoms in total. The Hall–Kier alpha value is -6.95. The van der Waals surface area contributed by atoms with Gasteiger partial charge in [-0.05, 0) is 174 Å². The van der Waals surface area contributed by atoms with E-state index < -0.39 is 0 Å². The molecule has 3 unspecified atom stereocenters. The zero-order chi connectivity index (χ0) is 69.6. The van der Waals surface area contributed by atoms with Crippen LogP contribution in [0.15, 0.2) is 91.0 Å². The molecule has 3 aliphatic heterocycles. The van der Waals surface area contributed by atoms with Crippen LogP contribution in [0.25, 0.3) is 5.69 Å². The van der Waals surface area contributed by atoms with Gasteiger partial charge in [-0.3, -0.25) is 40.0 Å². The summed E-state index contributed by atoms with van der Waals surface area (Å²) in [6.07, 6.45) is 26.1. The van der Waals surface area contributed by atoms with Gasteiger partial charge < -0.3 is 14.2 Å². The number of rotatable bonds is 15. The molecule has 4 aromatic carbocycles. The summed E-state index contributed by atoms with van der Waals surface area (Å²) in [5.41, 5.74) is 21.2. The average molecular weight is 1430 g/mol. The minimum atomic E-state index is -0.254. The number of amides is 3. The highest BCUT2D eigenvalue weighted by Crippen LogP contribution is 2.43. The van der Waals surface area contributed by atoms with Gasteiger partial charge in [0.05, 0.1) is 68.1 Å². The predicted octanol–water partition coefficient (Wildman–Crippen LogP) is 14.5. The second kappa shape index (κ2) is 35.0. The first-order valence-electron chi connectivity index (χ1n) is 37.3. The van der Waals surface area contributed by atoms with Gasteiger partial charge in [0.2, 0.25) is 0 Å². The van der Waals surface area contributed by atoms with E-state index in [2.05, 4.69) is 25.6 Å². The molecule has 0 spiro atoms. The highest BCUT2D eigenvalue weighted by atomic mass is 35.5. The van der Waals surface area contributed by atoms with Crippen molar-refractivity contribution >= 4 is 40.9 Å². The number of nitrogens with zero attached hydrogens (tertiary/aromatic N) is 9. The number of hydrogen-bond donors (Lipinski definition) is 3. The Balaban J connectivity index is 0.000000136. The zero-order valence-electron chi connectivity index (χ0n) is 58.1. The summed E-state index contributed by atoms with van der Waals surface area (Å²) in [6.45, 7) is 7.71. The molecule has 3 atom stereocenters. The molecule has 3 N–H and O–H groups in total. The molecule has 101 heavy (non-hydrogen) atoms. The lowest BCUT2D eigenvalue weighted by Crippen LogP contribution is -2.48. The van der Waals surface area contributed by atoms with E-state index >= 15 is 0 Å². The summed E-state index contributed by atoms with van der Waals surface area (Å²) in [6, 6.07) is 26.5. The number of halogens is 5. The van der Waals surface area contributed by atoms with Gasteiger partial charge in [0.25, 0.3) is 17.7 Å². The van der Waals surface area contributed by atoms with Gasteiger partial charge in [-0.1, -0.05) is 117 Å². The van der Waals surface area contributed by atoms with Gasteiger partial charge in [-0.2, -0.15) is 15.3 Å². The van der Waals surface area contributed by atoms with Crippen molar-refractivity contribution in [3.63, 3.8) is 0 Å². The van der Waals surface area contributed by atoms with E-state index in [1.54, 1.807) is 53.2 Å². The van der Waals surface area contributed by atoms with Crippen LogP contribution < -0.4 is 16.3 Å². The molecule has 8 aliphatic rings. The van der Waals surface area contributed by atoms with Crippen LogP contribution in [-0.2, 0) is 52.7 Å². The maximum atomic E-state index is 14.0. The van der Waals surface area contributed by atoms with Crippen molar-refractivity contribution in [2.24, 2.45) is 0 Å². The predicted molar refractivity (Wildman–Crippen MR) is 383 cm³/mol. The van der Waals surface area contributed by atoms with E-state index in [-0.39, 0.29) is 47.0 Å². The first-order valence-corrected chi connectivity index (χ1v) is 38.1. The van der Waals surface area contributed by atoms with Gasteiger partial charge in [-0.25, -0.2) is 32.9 Å². The van der Waals surface area contributed by atoms with Gasteiger partial charge in [0.1, 0.15) is 17.5 Å². The molecule has 3 aromatic heterocycles. The standard InChI is InChI=1S/C26H27Cl2FN4O2.2C26H35FN4O2/c27-19-8-9-23(22(28)16-19)33-25-18(14-17-4-3-6-20(29)15-17)5-1-2-7-21(25)24(30-33)26(34)31-32-10-12-35-13-11-32;27-21-9-6-7-19(18-21)17-20-8-4-5-12-23-24(26(32)29-30-13-15-33-16-14-30)28-31(25(20)23)22-10-2-1-3-11-22;27-21-12-10-19(11-13-21)18-20-6-4-5-9-23-24(26(32)29-30-14-16-33-17-15-30)28-31(25(20)23)22-7-2-1-3-8-22/h3-4,6,8-9,15-16,18H,1-2,5,7,10-14H2,(H,31,34);6-7,9,18,20,22H,1-5,8,10-17H2,(H,29,32);10-13,20,22H,1-9,14-18H2,(H,29,32). The third kappa shape index (κ3) is 18.3. The van der Waals surface area contributed by atoms with Crippen LogP contribution in [0, 0.1) is 17.5 Å². The fourth-order valence-electron chi connectivity index (χ4n) is 16.5. The molecule has 3 saturated heterocycles. The lowest BCUT2D eigenvalue weighted by Gasteiger charge is -2.27. The van der Waals surface area contributed by atoms with Gasteiger partial charge >= 0.3 is 0 Å². The van der Waals surface area contributed by atoms with Crippen molar-refractivity contribution < 1.29 is 41.8 Å². The molecular weight excluding hydrogens is 1330 g/mol. The molecule has 0 radical (unpaired) electrons. The Kier molecular flexibility index (Phi) is 25.1. The van der Waals surface area contributed by atoms with Crippen LogP contribution in [-0.4, -0.2) is 141 Å². The smallest absolute Gasteiger partial charge is 0.286 e. The Bertz CT molecular complexity index is 3930. The topological polar surface area (TPSA) is 178 Å². The monoisotopic (exact) mass is 1420 g/mol. The molecule has 5 fully saturated rings. The zero-order valence-corrected chi connectivity index (χ0v) is 59.6. The SMILES string of the molecule is O=C(NN1CCOCC1)c1nn(-c2ccc(Cl)cc2Cl)c2c1CCCCC2Cc1cccc(F)c1.O=C(NN1CCOCC1)c1nn(C2CCCCC2)c2c1CCCCC2Cc1ccc(F)cc1.O=C(NN1CCOCC1)c1nn(C2CCCCC2)c2c1CCCCC2Cc1cccc(F)c1. The summed E-state index contributed by atoms with van der Waals surface area (Å²) in [5, 5.41) is 21.6. The molecule has 3 amide bonds. The molecule has 7 aromatic rings. The Morgan fingerprint density at radius 2 is 0.802 bits per heavy atom. The molecular formula is C78H97Cl2F3N12O6. The maximum Gasteiger partial charge on any atom is 0.286 e. The fraction of sp³-hybridized carbons (Fsp3) is 0.538. The summed E-state index contributed by atoms with van der Waals surface area (Å²) in [5.74, 6) is -0.467. The van der Waals surface area contributed by atoms with E-state index in [0.717, 1.165) is 155 Å². The average Bonchev–Trinajstić information content (AvgIpc) is 1.63. The first-order chi connectivity index (χ1) is 49.4. The number of hydrazine groups is 3. The highest BCUT2D eigenvalue weighted by molar-refractivity contribution is 6.35.